The highest BCUT2D eigenvalue weighted by Gasteiger charge is 2.41. The van der Waals surface area contributed by atoms with Crippen LogP contribution in [0, 0.1) is 13.8 Å². The van der Waals surface area contributed by atoms with Crippen LogP contribution in [-0.4, -0.2) is 50.1 Å². The van der Waals surface area contributed by atoms with Gasteiger partial charge >= 0.3 is 0 Å². The Balaban J connectivity index is 1.87. The van der Waals surface area contributed by atoms with Gasteiger partial charge in [-0.25, -0.2) is 0 Å². The number of likely N-dealkylation sites (N-methyl/N-ethyl adjacent to an activating group) is 1. The van der Waals surface area contributed by atoms with Crippen LogP contribution in [0.25, 0.3) is 5.57 Å². The number of piperidine rings is 1. The summed E-state index contributed by atoms with van der Waals surface area (Å²) in [4.78, 5) is 15.2. The van der Waals surface area contributed by atoms with Gasteiger partial charge in [0.25, 0.3) is 0 Å². The molecule has 1 saturated heterocycles. The number of carbonyl (C=O) groups is 1. The van der Waals surface area contributed by atoms with Gasteiger partial charge in [0.05, 0.1) is 0 Å². The fourth-order valence-corrected chi connectivity index (χ4v) is 4.35. The molecule has 1 fully saturated rings. The van der Waals surface area contributed by atoms with Gasteiger partial charge in [-0.3, -0.25) is 9.69 Å². The maximum absolute atomic E-state index is 13.1. The predicted octanol–water partition coefficient (Wildman–Crippen LogP) is 3.54. The zero-order valence-corrected chi connectivity index (χ0v) is 18.1. The lowest BCUT2D eigenvalue weighted by molar-refractivity contribution is -0.133. The molecule has 0 radical (unpaired) electrons. The Labute approximate surface area is 175 Å². The van der Waals surface area contributed by atoms with Crippen LogP contribution >= 0.6 is 0 Å². The van der Waals surface area contributed by atoms with E-state index in [0.717, 1.165) is 25.9 Å². The Bertz CT molecular complexity index is 845. The minimum absolute atomic E-state index is 0.120. The van der Waals surface area contributed by atoms with Crippen molar-refractivity contribution in [3.63, 3.8) is 0 Å². The van der Waals surface area contributed by atoms with Gasteiger partial charge in [0.2, 0.25) is 5.91 Å². The fraction of sp³-hybridized carbons (Fsp3) is 0.400. The predicted molar refractivity (Wildman–Crippen MR) is 121 cm³/mol. The van der Waals surface area contributed by atoms with Gasteiger partial charge < -0.3 is 10.6 Å². The second kappa shape index (κ2) is 9.38. The van der Waals surface area contributed by atoms with Crippen LogP contribution < -0.4 is 10.6 Å². The van der Waals surface area contributed by atoms with Crippen molar-refractivity contribution in [2.75, 3.05) is 33.7 Å². The molecule has 0 bridgehead atoms. The summed E-state index contributed by atoms with van der Waals surface area (Å²) in [6.07, 6.45) is 3.82. The summed E-state index contributed by atoms with van der Waals surface area (Å²) in [5, 5.41) is 6.56. The third-order valence-corrected chi connectivity index (χ3v) is 6.11. The lowest BCUT2D eigenvalue weighted by Gasteiger charge is -2.41. The first kappa shape index (κ1) is 21.3. The first-order chi connectivity index (χ1) is 14.0. The molecular formula is C25H33N3O. The van der Waals surface area contributed by atoms with E-state index >= 15 is 0 Å². The summed E-state index contributed by atoms with van der Waals surface area (Å²) < 4.78 is 0. The topological polar surface area (TPSA) is 44.4 Å². The highest BCUT2D eigenvalue weighted by atomic mass is 16.2. The molecule has 1 aliphatic heterocycles. The zero-order chi connectivity index (χ0) is 20.9. The molecule has 29 heavy (non-hydrogen) atoms. The van der Waals surface area contributed by atoms with Crippen molar-refractivity contribution in [1.82, 2.24) is 15.5 Å². The SMILES string of the molecule is Cc1cccc(C)c1C(=CCNC(=O)C1(N(C)C)CCNCC1)c1ccccc1. The summed E-state index contributed by atoms with van der Waals surface area (Å²) in [7, 11) is 4.01. The summed E-state index contributed by atoms with van der Waals surface area (Å²) in [5.41, 5.74) is 5.65. The van der Waals surface area contributed by atoms with Crippen LogP contribution in [0.5, 0.6) is 0 Å². The molecule has 0 spiro atoms. The van der Waals surface area contributed by atoms with Crippen molar-refractivity contribution >= 4 is 11.5 Å². The van der Waals surface area contributed by atoms with Gasteiger partial charge in [-0.2, -0.15) is 0 Å². The molecule has 3 rings (SSSR count). The van der Waals surface area contributed by atoms with E-state index in [2.05, 4.69) is 77.9 Å². The minimum atomic E-state index is -0.426. The molecule has 2 aromatic carbocycles. The molecule has 0 unspecified atom stereocenters. The summed E-state index contributed by atoms with van der Waals surface area (Å²) in [6.45, 7) is 6.56. The lowest BCUT2D eigenvalue weighted by Crippen LogP contribution is -2.60. The van der Waals surface area contributed by atoms with Crippen molar-refractivity contribution < 1.29 is 4.79 Å². The van der Waals surface area contributed by atoms with Crippen molar-refractivity contribution in [2.45, 2.75) is 32.2 Å². The smallest absolute Gasteiger partial charge is 0.240 e. The average molecular weight is 392 g/mol. The van der Waals surface area contributed by atoms with Crippen LogP contribution in [0.4, 0.5) is 0 Å². The number of amides is 1. The van der Waals surface area contributed by atoms with E-state index in [1.165, 1.54) is 27.8 Å². The number of nitrogens with zero attached hydrogens (tertiary/aromatic N) is 1. The lowest BCUT2D eigenvalue weighted by atomic mass is 9.86. The van der Waals surface area contributed by atoms with Crippen LogP contribution in [0.3, 0.4) is 0 Å². The molecule has 2 aromatic rings. The molecule has 4 nitrogen and oxygen atoms in total. The van der Waals surface area contributed by atoms with Crippen LogP contribution in [0.1, 0.15) is 35.1 Å². The number of hydrogen-bond donors (Lipinski definition) is 2. The van der Waals surface area contributed by atoms with Gasteiger partial charge in [0.1, 0.15) is 5.54 Å². The largest absolute Gasteiger partial charge is 0.351 e. The summed E-state index contributed by atoms with van der Waals surface area (Å²) in [6, 6.07) is 16.8. The fourth-order valence-electron chi connectivity index (χ4n) is 4.35. The standard InChI is InChI=1S/C25H33N3O/c1-19-9-8-10-20(2)23(19)22(21-11-6-5-7-12-21)13-16-27-24(29)25(28(3)4)14-17-26-18-15-25/h5-13,26H,14-18H2,1-4H3,(H,27,29). The number of aryl methyl sites for hydroxylation is 2. The quantitative estimate of drug-likeness (QED) is 0.792. The van der Waals surface area contributed by atoms with Crippen LogP contribution in [0.15, 0.2) is 54.6 Å². The maximum Gasteiger partial charge on any atom is 0.240 e. The van der Waals surface area contributed by atoms with Crippen molar-refractivity contribution in [1.29, 1.82) is 0 Å². The molecule has 4 heteroatoms. The average Bonchev–Trinajstić information content (AvgIpc) is 2.73. The van der Waals surface area contributed by atoms with Crippen LogP contribution in [-0.2, 0) is 4.79 Å². The van der Waals surface area contributed by atoms with Crippen molar-refractivity contribution in [2.24, 2.45) is 0 Å². The molecule has 1 heterocycles. The van der Waals surface area contributed by atoms with E-state index in [0.29, 0.717) is 6.54 Å². The Kier molecular flexibility index (Phi) is 6.88. The second-order valence-corrected chi connectivity index (χ2v) is 8.14. The monoisotopic (exact) mass is 391 g/mol. The van der Waals surface area contributed by atoms with Gasteiger partial charge in [-0.1, -0.05) is 54.6 Å². The van der Waals surface area contributed by atoms with Crippen molar-refractivity contribution in [3.8, 4) is 0 Å². The molecule has 0 aromatic heterocycles. The van der Waals surface area contributed by atoms with E-state index in [9.17, 15) is 4.79 Å². The molecule has 2 N–H and O–H groups in total. The molecule has 1 aliphatic rings. The van der Waals surface area contributed by atoms with E-state index in [4.69, 9.17) is 0 Å². The third kappa shape index (κ3) is 4.60. The molecule has 0 atom stereocenters. The van der Waals surface area contributed by atoms with Gasteiger partial charge in [-0.15, -0.1) is 0 Å². The van der Waals surface area contributed by atoms with Crippen LogP contribution in [0.2, 0.25) is 0 Å². The summed E-state index contributed by atoms with van der Waals surface area (Å²) >= 11 is 0. The van der Waals surface area contributed by atoms with Crippen molar-refractivity contribution in [3.05, 3.63) is 76.9 Å². The van der Waals surface area contributed by atoms with E-state index in [1.807, 2.05) is 20.2 Å². The Morgan fingerprint density at radius 2 is 1.66 bits per heavy atom. The van der Waals surface area contributed by atoms with Gasteiger partial charge in [0, 0.05) is 6.54 Å². The van der Waals surface area contributed by atoms with E-state index in [1.54, 1.807) is 0 Å². The Morgan fingerprint density at radius 3 is 2.24 bits per heavy atom. The zero-order valence-electron chi connectivity index (χ0n) is 18.1. The molecule has 1 amide bonds. The third-order valence-electron chi connectivity index (χ3n) is 6.11. The highest BCUT2D eigenvalue weighted by molar-refractivity contribution is 5.87. The minimum Gasteiger partial charge on any atom is -0.351 e. The van der Waals surface area contributed by atoms with E-state index < -0.39 is 5.54 Å². The number of carbonyl (C=O) groups excluding carboxylic acids is 1. The molecule has 0 saturated carbocycles. The normalized spacial score (nSPS) is 16.7. The number of rotatable bonds is 6. The molecular weight excluding hydrogens is 358 g/mol. The maximum atomic E-state index is 13.1. The van der Waals surface area contributed by atoms with Gasteiger partial charge in [-0.05, 0) is 81.7 Å². The molecule has 0 aliphatic carbocycles. The number of hydrogen-bond acceptors (Lipinski definition) is 3. The Morgan fingerprint density at radius 1 is 1.03 bits per heavy atom. The second-order valence-electron chi connectivity index (χ2n) is 8.14. The summed E-state index contributed by atoms with van der Waals surface area (Å²) in [5.74, 6) is 0.120. The Hall–Kier alpha value is -2.43. The first-order valence-corrected chi connectivity index (χ1v) is 10.4. The molecule has 154 valence electrons. The number of benzene rings is 2. The first-order valence-electron chi connectivity index (χ1n) is 10.4. The van der Waals surface area contributed by atoms with Gasteiger partial charge in [0.15, 0.2) is 0 Å². The highest BCUT2D eigenvalue weighted by Crippen LogP contribution is 2.29. The van der Waals surface area contributed by atoms with E-state index in [-0.39, 0.29) is 5.91 Å². The number of nitrogens with one attached hydrogen (secondary N) is 2.